The molecule has 63 heavy (non-hydrogen) atoms. The molecule has 2 aliphatic heterocycles. The lowest BCUT2D eigenvalue weighted by atomic mass is 9.33. The molecular formula is C58H51BN2O2. The van der Waals surface area contributed by atoms with Gasteiger partial charge in [-0.05, 0) is 121 Å². The molecule has 4 nitrogen and oxygen atoms in total. The molecule has 0 saturated heterocycles. The number of ether oxygens (including phenoxy) is 1. The summed E-state index contributed by atoms with van der Waals surface area (Å²) in [5, 5.41) is 6.96. The SMILES string of the molecule is CC(C)(C)c1ccc(N2c3ccc(C(C)(C)C)cc3B3c4cc5oc6ccccc6c5c(-n5c6ccccc6c6cc7ccccc7cc65)c4Oc4cc(C(C)(C)C)cc2c43)cc1. The van der Waals surface area contributed by atoms with Crippen LogP contribution in [0.15, 0.2) is 150 Å². The van der Waals surface area contributed by atoms with Gasteiger partial charge in [0.15, 0.2) is 0 Å². The van der Waals surface area contributed by atoms with Crippen molar-refractivity contribution in [2.45, 2.75) is 78.6 Å². The molecule has 0 N–H and O–H groups in total. The third-order valence-electron chi connectivity index (χ3n) is 13.9. The maximum atomic E-state index is 7.70. The third kappa shape index (κ3) is 5.61. The normalized spacial score (nSPS) is 13.9. The molecule has 8 aromatic carbocycles. The number of hydrogen-bond acceptors (Lipinski definition) is 3. The Kier molecular flexibility index (Phi) is 7.79. The minimum atomic E-state index is -0.149. The summed E-state index contributed by atoms with van der Waals surface area (Å²) >= 11 is 0. The summed E-state index contributed by atoms with van der Waals surface area (Å²) in [4.78, 5) is 2.49. The van der Waals surface area contributed by atoms with E-state index in [0.717, 1.165) is 67.0 Å². The molecule has 0 amide bonds. The summed E-state index contributed by atoms with van der Waals surface area (Å²) in [5.74, 6) is 1.77. The number of para-hydroxylation sites is 2. The van der Waals surface area contributed by atoms with E-state index in [1.165, 1.54) is 54.8 Å². The quantitative estimate of drug-likeness (QED) is 0.163. The van der Waals surface area contributed by atoms with Gasteiger partial charge in [0.05, 0.1) is 16.4 Å². The summed E-state index contributed by atoms with van der Waals surface area (Å²) in [7, 11) is 0. The molecule has 0 aliphatic carbocycles. The summed E-state index contributed by atoms with van der Waals surface area (Å²) in [6.45, 7) is 20.6. The molecule has 2 aromatic heterocycles. The molecule has 5 heteroatoms. The van der Waals surface area contributed by atoms with Gasteiger partial charge in [0.1, 0.15) is 28.4 Å². The number of furan rings is 1. The van der Waals surface area contributed by atoms with Crippen LogP contribution in [0.5, 0.6) is 11.5 Å². The van der Waals surface area contributed by atoms with Crippen LogP contribution in [0.25, 0.3) is 60.2 Å². The molecule has 0 saturated carbocycles. The smallest absolute Gasteiger partial charge is 0.256 e. The zero-order valence-corrected chi connectivity index (χ0v) is 37.6. The fourth-order valence-corrected chi connectivity index (χ4v) is 10.5. The van der Waals surface area contributed by atoms with Gasteiger partial charge >= 0.3 is 0 Å². The Labute approximate surface area is 369 Å². The van der Waals surface area contributed by atoms with Gasteiger partial charge in [0, 0.05) is 33.2 Å². The molecule has 0 radical (unpaired) electrons. The van der Waals surface area contributed by atoms with E-state index < -0.39 is 0 Å². The number of nitrogens with zero attached hydrogens (tertiary/aromatic N) is 2. The highest BCUT2D eigenvalue weighted by Crippen LogP contribution is 2.49. The number of aromatic nitrogens is 1. The minimum Gasteiger partial charge on any atom is -0.456 e. The first-order valence-corrected chi connectivity index (χ1v) is 22.5. The summed E-state index contributed by atoms with van der Waals surface area (Å²) in [5.41, 5.74) is 15.7. The molecule has 0 spiro atoms. The average Bonchev–Trinajstić information content (AvgIpc) is 3.78. The van der Waals surface area contributed by atoms with Gasteiger partial charge in [0.2, 0.25) is 0 Å². The second-order valence-corrected chi connectivity index (χ2v) is 21.0. The highest BCUT2D eigenvalue weighted by Gasteiger charge is 2.45. The molecule has 10 aromatic rings. The van der Waals surface area contributed by atoms with Crippen LogP contribution in [0, 0.1) is 0 Å². The second kappa shape index (κ2) is 12.9. The number of rotatable bonds is 2. The zero-order chi connectivity index (χ0) is 43.3. The Morgan fingerprint density at radius 2 is 1.13 bits per heavy atom. The lowest BCUT2D eigenvalue weighted by Gasteiger charge is -2.42. The van der Waals surface area contributed by atoms with Gasteiger partial charge in [-0.25, -0.2) is 0 Å². The lowest BCUT2D eigenvalue weighted by Crippen LogP contribution is -2.60. The molecule has 2 aliphatic rings. The minimum absolute atomic E-state index is 0.0388. The van der Waals surface area contributed by atoms with Crippen LogP contribution in [-0.4, -0.2) is 11.3 Å². The Morgan fingerprint density at radius 1 is 0.476 bits per heavy atom. The monoisotopic (exact) mass is 818 g/mol. The summed E-state index contributed by atoms with van der Waals surface area (Å²) in [6, 6.07) is 54.2. The lowest BCUT2D eigenvalue weighted by molar-refractivity contribution is 0.482. The molecule has 0 atom stereocenters. The third-order valence-corrected chi connectivity index (χ3v) is 13.9. The fourth-order valence-electron chi connectivity index (χ4n) is 10.5. The molecule has 0 unspecified atom stereocenters. The second-order valence-electron chi connectivity index (χ2n) is 21.0. The Bertz CT molecular complexity index is 3550. The van der Waals surface area contributed by atoms with Crippen molar-refractivity contribution in [1.29, 1.82) is 0 Å². The molecule has 308 valence electrons. The van der Waals surface area contributed by atoms with Crippen molar-refractivity contribution >= 4 is 94.7 Å². The van der Waals surface area contributed by atoms with Gasteiger partial charge in [0.25, 0.3) is 6.71 Å². The number of anilines is 3. The predicted molar refractivity (Wildman–Crippen MR) is 268 cm³/mol. The van der Waals surface area contributed by atoms with Gasteiger partial charge in [-0.2, -0.15) is 0 Å². The van der Waals surface area contributed by atoms with Crippen molar-refractivity contribution in [3.05, 3.63) is 162 Å². The van der Waals surface area contributed by atoms with Crippen molar-refractivity contribution in [3.8, 4) is 17.2 Å². The van der Waals surface area contributed by atoms with Gasteiger partial charge in [-0.3, -0.25) is 0 Å². The van der Waals surface area contributed by atoms with Crippen LogP contribution in [0.4, 0.5) is 17.1 Å². The Balaban J connectivity index is 1.24. The van der Waals surface area contributed by atoms with E-state index in [1.54, 1.807) is 0 Å². The Hall–Kier alpha value is -6.72. The fraction of sp³-hybridized carbons (Fsp3) is 0.207. The number of benzene rings is 8. The first kappa shape index (κ1) is 38.0. The van der Waals surface area contributed by atoms with Crippen molar-refractivity contribution in [2.75, 3.05) is 4.90 Å². The van der Waals surface area contributed by atoms with E-state index in [1.807, 2.05) is 0 Å². The van der Waals surface area contributed by atoms with Gasteiger partial charge in [-0.1, -0.05) is 147 Å². The average molecular weight is 819 g/mol. The molecule has 12 rings (SSSR count). The van der Waals surface area contributed by atoms with Crippen LogP contribution >= 0.6 is 0 Å². The highest BCUT2D eigenvalue weighted by molar-refractivity contribution is 6.99. The van der Waals surface area contributed by atoms with Crippen LogP contribution in [-0.2, 0) is 16.2 Å². The van der Waals surface area contributed by atoms with Crippen LogP contribution < -0.4 is 26.0 Å². The van der Waals surface area contributed by atoms with E-state index in [9.17, 15) is 0 Å². The van der Waals surface area contributed by atoms with Crippen LogP contribution in [0.3, 0.4) is 0 Å². The molecule has 0 bridgehead atoms. The number of hydrogen-bond donors (Lipinski definition) is 0. The Morgan fingerprint density at radius 3 is 1.86 bits per heavy atom. The van der Waals surface area contributed by atoms with Crippen molar-refractivity contribution in [1.82, 2.24) is 4.57 Å². The van der Waals surface area contributed by atoms with E-state index in [2.05, 4.69) is 217 Å². The molecule has 4 heterocycles. The van der Waals surface area contributed by atoms with Crippen molar-refractivity contribution < 1.29 is 9.15 Å². The van der Waals surface area contributed by atoms with E-state index in [4.69, 9.17) is 9.15 Å². The zero-order valence-electron chi connectivity index (χ0n) is 37.6. The molecular weight excluding hydrogens is 767 g/mol. The van der Waals surface area contributed by atoms with E-state index in [-0.39, 0.29) is 23.0 Å². The van der Waals surface area contributed by atoms with Gasteiger partial charge < -0.3 is 18.6 Å². The van der Waals surface area contributed by atoms with Crippen LogP contribution in [0.1, 0.15) is 79.0 Å². The maximum Gasteiger partial charge on any atom is 0.256 e. The topological polar surface area (TPSA) is 30.5 Å². The maximum absolute atomic E-state index is 7.70. The summed E-state index contributed by atoms with van der Waals surface area (Å²) < 4.78 is 17.1. The highest BCUT2D eigenvalue weighted by atomic mass is 16.5. The first-order chi connectivity index (χ1) is 30.1. The predicted octanol–water partition coefficient (Wildman–Crippen LogP) is 14.1. The van der Waals surface area contributed by atoms with Crippen LogP contribution in [0.2, 0.25) is 0 Å². The summed E-state index contributed by atoms with van der Waals surface area (Å²) in [6.07, 6.45) is 0. The van der Waals surface area contributed by atoms with Crippen molar-refractivity contribution in [3.63, 3.8) is 0 Å². The van der Waals surface area contributed by atoms with E-state index in [0.29, 0.717) is 0 Å². The first-order valence-electron chi connectivity index (χ1n) is 22.5. The largest absolute Gasteiger partial charge is 0.456 e. The van der Waals surface area contributed by atoms with Crippen molar-refractivity contribution in [2.24, 2.45) is 0 Å². The molecule has 0 fully saturated rings. The number of fused-ring (bicyclic) bond motifs is 11. The van der Waals surface area contributed by atoms with Gasteiger partial charge in [-0.15, -0.1) is 0 Å². The standard InChI is InChI=1S/C58H51BN2O2/c1-56(2,3)36-22-25-39(26-23-36)60-46-27-24-37(57(4,5)6)30-43(46)59-44-33-50-52(41-19-13-15-21-49(41)62-50)54(55(44)63-51-32-38(58(7,8)9)31-48(60)53(51)59)61-45-20-14-12-18-40(45)42-28-34-16-10-11-17-35(34)29-47(42)61/h10-33H,1-9H3. The van der Waals surface area contributed by atoms with E-state index >= 15 is 0 Å².